The number of alkyl carbamates (subject to hydrolysis) is 1. The lowest BCUT2D eigenvalue weighted by Gasteiger charge is -2.35. The fourth-order valence-electron chi connectivity index (χ4n) is 3.30. The second kappa shape index (κ2) is 9.77. The van der Waals surface area contributed by atoms with Crippen molar-refractivity contribution in [3.8, 4) is 0 Å². The third-order valence-electron chi connectivity index (χ3n) is 4.78. The van der Waals surface area contributed by atoms with Crippen LogP contribution in [0.3, 0.4) is 0 Å². The smallest absolute Gasteiger partial charge is 0.410 e. The molecule has 3 N–H and O–H groups in total. The third-order valence-corrected chi connectivity index (χ3v) is 4.78. The molecule has 0 spiro atoms. The van der Waals surface area contributed by atoms with Crippen LogP contribution in [0.5, 0.6) is 0 Å². The molecule has 1 aliphatic rings. The topological polar surface area (TPSA) is 120 Å². The lowest BCUT2D eigenvalue weighted by atomic mass is 9.89. The molecule has 32 heavy (non-hydrogen) atoms. The Kier molecular flexibility index (Phi) is 7.77. The van der Waals surface area contributed by atoms with Gasteiger partial charge in [-0.3, -0.25) is 4.79 Å². The van der Waals surface area contributed by atoms with Crippen molar-refractivity contribution >= 4 is 18.2 Å². The molecule has 1 aliphatic heterocycles. The second-order valence-electron chi connectivity index (χ2n) is 10.0. The Morgan fingerprint density at radius 3 is 2.22 bits per heavy atom. The van der Waals surface area contributed by atoms with Crippen LogP contribution in [-0.4, -0.2) is 58.9 Å². The summed E-state index contributed by atoms with van der Waals surface area (Å²) in [5.41, 5.74) is 4.43. The van der Waals surface area contributed by atoms with Gasteiger partial charge >= 0.3 is 18.2 Å². The fourth-order valence-corrected chi connectivity index (χ4v) is 3.30. The molecule has 1 fully saturated rings. The Morgan fingerprint density at radius 1 is 1.06 bits per heavy atom. The Bertz CT molecular complexity index is 815. The highest BCUT2D eigenvalue weighted by atomic mass is 16.6. The number of hydrogen-bond acceptors (Lipinski definition) is 7. The van der Waals surface area contributed by atoms with Crippen molar-refractivity contribution in [1.82, 2.24) is 10.2 Å². The number of benzene rings is 1. The van der Waals surface area contributed by atoms with Gasteiger partial charge in [0.1, 0.15) is 23.9 Å². The van der Waals surface area contributed by atoms with E-state index in [9.17, 15) is 14.4 Å². The maximum atomic E-state index is 12.8. The zero-order valence-electron chi connectivity index (χ0n) is 19.8. The van der Waals surface area contributed by atoms with Gasteiger partial charge in [0.25, 0.3) is 0 Å². The zero-order valence-corrected chi connectivity index (χ0v) is 19.8. The minimum atomic E-state index is -1.26. The van der Waals surface area contributed by atoms with E-state index in [0.29, 0.717) is 0 Å². The summed E-state index contributed by atoms with van der Waals surface area (Å²) in [7, 11) is 0. The number of nitrogens with one attached hydrogen (secondary N) is 1. The molecule has 2 amide bonds. The third kappa shape index (κ3) is 7.40. The first kappa shape index (κ1) is 25.5. The van der Waals surface area contributed by atoms with E-state index in [0.717, 1.165) is 5.56 Å². The molecular weight excluding hydrogens is 414 g/mol. The van der Waals surface area contributed by atoms with E-state index in [1.807, 2.05) is 30.3 Å². The van der Waals surface area contributed by atoms with Gasteiger partial charge in [-0.1, -0.05) is 30.3 Å². The molecular formula is C23H35N3O6. The summed E-state index contributed by atoms with van der Waals surface area (Å²) >= 11 is 0. The minimum absolute atomic E-state index is 0.0112. The maximum Gasteiger partial charge on any atom is 0.410 e. The van der Waals surface area contributed by atoms with Crippen molar-refractivity contribution in [1.29, 1.82) is 0 Å². The summed E-state index contributed by atoms with van der Waals surface area (Å²) in [4.78, 5) is 39.4. The Balaban J connectivity index is 2.17. The first-order valence-corrected chi connectivity index (χ1v) is 10.7. The monoisotopic (exact) mass is 449 g/mol. The average Bonchev–Trinajstić information content (AvgIpc) is 3.08. The van der Waals surface area contributed by atoms with Crippen LogP contribution in [-0.2, 0) is 25.6 Å². The van der Waals surface area contributed by atoms with Crippen LogP contribution in [0.4, 0.5) is 9.59 Å². The van der Waals surface area contributed by atoms with E-state index in [1.165, 1.54) is 4.90 Å². The van der Waals surface area contributed by atoms with E-state index >= 15 is 0 Å². The standard InChI is InChI=1S/C23H35N3O6/c1-21(2,3)31-19(28)25-23(12-13-26(15-23)20(29)32-22(4,5)6)17(24)18(27)30-14-16-10-8-7-9-11-16/h7-11,17H,12-15,24H2,1-6H3,(H,25,28)/t17?,23-/m0/s1. The predicted molar refractivity (Wildman–Crippen MR) is 119 cm³/mol. The summed E-state index contributed by atoms with van der Waals surface area (Å²) in [6, 6.07) is 7.97. The number of nitrogens with zero attached hydrogens (tertiary/aromatic N) is 1. The highest BCUT2D eigenvalue weighted by Crippen LogP contribution is 2.27. The number of nitrogens with two attached hydrogens (primary N) is 1. The van der Waals surface area contributed by atoms with Crippen LogP contribution in [0.25, 0.3) is 0 Å². The fraction of sp³-hybridized carbons (Fsp3) is 0.609. The summed E-state index contributed by atoms with van der Waals surface area (Å²) in [6.07, 6.45) is -1.03. The van der Waals surface area contributed by atoms with Crippen LogP contribution < -0.4 is 11.1 Å². The Hall–Kier alpha value is -2.81. The van der Waals surface area contributed by atoms with Crippen molar-refractivity contribution < 1.29 is 28.6 Å². The molecule has 1 heterocycles. The summed E-state index contributed by atoms with van der Waals surface area (Å²) in [5.74, 6) is -0.684. The van der Waals surface area contributed by atoms with Gasteiger partial charge in [0.15, 0.2) is 0 Å². The largest absolute Gasteiger partial charge is 0.460 e. The highest BCUT2D eigenvalue weighted by Gasteiger charge is 2.50. The quantitative estimate of drug-likeness (QED) is 0.524. The number of carbonyl (C=O) groups excluding carboxylic acids is 3. The molecule has 0 aromatic heterocycles. The predicted octanol–water partition coefficient (Wildman–Crippen LogP) is 2.96. The minimum Gasteiger partial charge on any atom is -0.460 e. The van der Waals surface area contributed by atoms with E-state index in [-0.39, 0.29) is 26.1 Å². The summed E-state index contributed by atoms with van der Waals surface area (Å²) in [6.45, 7) is 10.8. The van der Waals surface area contributed by atoms with Crippen molar-refractivity contribution in [3.05, 3.63) is 35.9 Å². The van der Waals surface area contributed by atoms with E-state index in [1.54, 1.807) is 41.5 Å². The normalized spacial score (nSPS) is 19.8. The van der Waals surface area contributed by atoms with Gasteiger partial charge in [-0.25, -0.2) is 9.59 Å². The molecule has 178 valence electrons. The first-order valence-electron chi connectivity index (χ1n) is 10.7. The van der Waals surface area contributed by atoms with Gasteiger partial charge in [0.05, 0.1) is 5.54 Å². The van der Waals surface area contributed by atoms with Crippen LogP contribution in [0, 0.1) is 0 Å². The molecule has 2 rings (SSSR count). The number of rotatable bonds is 5. The maximum absolute atomic E-state index is 12.8. The summed E-state index contributed by atoms with van der Waals surface area (Å²) < 4.78 is 16.2. The van der Waals surface area contributed by atoms with E-state index in [2.05, 4.69) is 5.32 Å². The molecule has 1 aromatic rings. The van der Waals surface area contributed by atoms with Gasteiger partial charge in [-0.2, -0.15) is 0 Å². The van der Waals surface area contributed by atoms with E-state index < -0.39 is 40.9 Å². The zero-order chi connectivity index (χ0) is 24.2. The van der Waals surface area contributed by atoms with Crippen molar-refractivity contribution in [3.63, 3.8) is 0 Å². The lowest BCUT2D eigenvalue weighted by molar-refractivity contribution is -0.148. The molecule has 9 heteroatoms. The first-order chi connectivity index (χ1) is 14.7. The molecule has 2 atom stereocenters. The Labute approximate surface area is 189 Å². The number of esters is 1. The van der Waals surface area contributed by atoms with E-state index in [4.69, 9.17) is 19.9 Å². The number of likely N-dealkylation sites (tertiary alicyclic amines) is 1. The van der Waals surface area contributed by atoms with Crippen molar-refractivity contribution in [2.24, 2.45) is 5.73 Å². The lowest BCUT2D eigenvalue weighted by Crippen LogP contribution is -2.65. The molecule has 0 bridgehead atoms. The van der Waals surface area contributed by atoms with Crippen LogP contribution >= 0.6 is 0 Å². The van der Waals surface area contributed by atoms with Gasteiger partial charge in [-0.15, -0.1) is 0 Å². The van der Waals surface area contributed by atoms with Crippen LogP contribution in [0.2, 0.25) is 0 Å². The average molecular weight is 450 g/mol. The van der Waals surface area contributed by atoms with Gasteiger partial charge in [0, 0.05) is 13.1 Å². The number of carbonyl (C=O) groups is 3. The van der Waals surface area contributed by atoms with Crippen molar-refractivity contribution in [2.75, 3.05) is 13.1 Å². The molecule has 1 aromatic carbocycles. The molecule has 0 aliphatic carbocycles. The molecule has 1 unspecified atom stereocenters. The van der Waals surface area contributed by atoms with Crippen molar-refractivity contribution in [2.45, 2.75) is 77.4 Å². The molecule has 0 saturated carbocycles. The van der Waals surface area contributed by atoms with Crippen LogP contribution in [0.1, 0.15) is 53.5 Å². The molecule has 9 nitrogen and oxygen atoms in total. The Morgan fingerprint density at radius 2 is 1.66 bits per heavy atom. The number of ether oxygens (including phenoxy) is 3. The molecule has 1 saturated heterocycles. The molecule has 0 radical (unpaired) electrons. The highest BCUT2D eigenvalue weighted by molar-refractivity contribution is 5.80. The van der Waals surface area contributed by atoms with Gasteiger partial charge in [0.2, 0.25) is 0 Å². The SMILES string of the molecule is CC(C)(C)OC(=O)N[C@@]1(C(N)C(=O)OCc2ccccc2)CCN(C(=O)OC(C)(C)C)C1. The van der Waals surface area contributed by atoms with Crippen LogP contribution in [0.15, 0.2) is 30.3 Å². The summed E-state index contributed by atoms with van der Waals surface area (Å²) in [5, 5.41) is 2.74. The second-order valence-corrected chi connectivity index (χ2v) is 10.0. The number of amides is 2. The van der Waals surface area contributed by atoms with Gasteiger partial charge < -0.3 is 30.2 Å². The van der Waals surface area contributed by atoms with Gasteiger partial charge in [-0.05, 0) is 53.5 Å². The number of hydrogen-bond donors (Lipinski definition) is 2.